The molecule has 1 aromatic heterocycles. The Hall–Kier alpha value is -2.11. The SMILES string of the molecule is C=CCNc1ccc(-c2sc3c(c2C(=O)O)CC(C)(C)CC3)c(CNC)c1. The summed E-state index contributed by atoms with van der Waals surface area (Å²) in [6, 6.07) is 6.17. The van der Waals surface area contributed by atoms with Crippen LogP contribution in [0.3, 0.4) is 0 Å². The van der Waals surface area contributed by atoms with Gasteiger partial charge in [-0.25, -0.2) is 4.79 Å². The van der Waals surface area contributed by atoms with Crippen molar-refractivity contribution in [2.75, 3.05) is 18.9 Å². The molecule has 1 heterocycles. The third-order valence-electron chi connectivity index (χ3n) is 5.16. The number of thiophene rings is 1. The molecule has 0 saturated heterocycles. The van der Waals surface area contributed by atoms with Gasteiger partial charge in [0.1, 0.15) is 0 Å². The van der Waals surface area contributed by atoms with Gasteiger partial charge in [0.2, 0.25) is 0 Å². The lowest BCUT2D eigenvalue weighted by molar-refractivity contribution is 0.0696. The summed E-state index contributed by atoms with van der Waals surface area (Å²) in [6.45, 7) is 9.58. The normalized spacial score (nSPS) is 15.2. The number of hydrogen-bond acceptors (Lipinski definition) is 4. The van der Waals surface area contributed by atoms with Crippen molar-refractivity contribution in [2.45, 2.75) is 39.7 Å². The molecule has 0 aliphatic heterocycles. The Morgan fingerprint density at radius 1 is 1.41 bits per heavy atom. The molecule has 4 nitrogen and oxygen atoms in total. The van der Waals surface area contributed by atoms with Gasteiger partial charge in [0.15, 0.2) is 0 Å². The lowest BCUT2D eigenvalue weighted by atomic mass is 9.76. The maximum absolute atomic E-state index is 12.2. The zero-order valence-corrected chi connectivity index (χ0v) is 17.1. The fraction of sp³-hybridized carbons (Fsp3) is 0.409. The van der Waals surface area contributed by atoms with Crippen molar-refractivity contribution < 1.29 is 9.90 Å². The Labute approximate surface area is 165 Å². The third kappa shape index (κ3) is 4.09. The molecule has 1 aliphatic rings. The van der Waals surface area contributed by atoms with Gasteiger partial charge in [0.05, 0.1) is 5.56 Å². The number of benzene rings is 1. The summed E-state index contributed by atoms with van der Waals surface area (Å²) in [5.41, 5.74) is 4.84. The van der Waals surface area contributed by atoms with E-state index in [1.807, 2.05) is 25.3 Å². The average molecular weight is 385 g/mol. The van der Waals surface area contributed by atoms with E-state index in [4.69, 9.17) is 0 Å². The first-order valence-corrected chi connectivity index (χ1v) is 10.2. The predicted molar refractivity (Wildman–Crippen MR) is 114 cm³/mol. The summed E-state index contributed by atoms with van der Waals surface area (Å²) >= 11 is 1.66. The van der Waals surface area contributed by atoms with Crippen LogP contribution < -0.4 is 10.6 Å². The number of rotatable bonds is 7. The number of carboxylic acids is 1. The van der Waals surface area contributed by atoms with Crippen molar-refractivity contribution in [2.24, 2.45) is 5.41 Å². The van der Waals surface area contributed by atoms with E-state index in [-0.39, 0.29) is 5.41 Å². The summed E-state index contributed by atoms with van der Waals surface area (Å²) in [5.74, 6) is -0.815. The van der Waals surface area contributed by atoms with E-state index in [9.17, 15) is 9.90 Å². The van der Waals surface area contributed by atoms with Gasteiger partial charge < -0.3 is 15.7 Å². The highest BCUT2D eigenvalue weighted by atomic mass is 32.1. The van der Waals surface area contributed by atoms with Crippen molar-refractivity contribution in [1.29, 1.82) is 0 Å². The van der Waals surface area contributed by atoms with Crippen molar-refractivity contribution in [3.63, 3.8) is 0 Å². The van der Waals surface area contributed by atoms with Crippen molar-refractivity contribution in [3.05, 3.63) is 52.4 Å². The molecule has 27 heavy (non-hydrogen) atoms. The highest BCUT2D eigenvalue weighted by molar-refractivity contribution is 7.16. The second kappa shape index (κ2) is 7.87. The number of hydrogen-bond donors (Lipinski definition) is 3. The molecule has 0 radical (unpaired) electrons. The van der Waals surface area contributed by atoms with Gasteiger partial charge in [-0.05, 0) is 60.5 Å². The number of anilines is 1. The number of fused-ring (bicyclic) bond motifs is 1. The maximum atomic E-state index is 12.2. The van der Waals surface area contributed by atoms with Gasteiger partial charge in [0.25, 0.3) is 0 Å². The molecular weight excluding hydrogens is 356 g/mol. The summed E-state index contributed by atoms with van der Waals surface area (Å²) < 4.78 is 0. The third-order valence-corrected chi connectivity index (χ3v) is 6.48. The second-order valence-electron chi connectivity index (χ2n) is 7.93. The van der Waals surface area contributed by atoms with Crippen LogP contribution in [0.25, 0.3) is 10.4 Å². The van der Waals surface area contributed by atoms with E-state index in [0.29, 0.717) is 18.7 Å². The quantitative estimate of drug-likeness (QED) is 0.591. The summed E-state index contributed by atoms with van der Waals surface area (Å²) in [6.07, 6.45) is 4.73. The fourth-order valence-corrected chi connectivity index (χ4v) is 5.16. The van der Waals surface area contributed by atoms with Crippen molar-refractivity contribution in [1.82, 2.24) is 5.32 Å². The Kier molecular flexibility index (Phi) is 5.72. The molecule has 0 bridgehead atoms. The highest BCUT2D eigenvalue weighted by Crippen LogP contribution is 2.46. The first-order chi connectivity index (χ1) is 12.9. The first-order valence-electron chi connectivity index (χ1n) is 9.37. The van der Waals surface area contributed by atoms with E-state index in [2.05, 4.69) is 37.1 Å². The molecule has 1 aliphatic carbocycles. The van der Waals surface area contributed by atoms with Gasteiger partial charge in [-0.1, -0.05) is 26.0 Å². The van der Waals surface area contributed by atoms with E-state index < -0.39 is 5.97 Å². The Balaban J connectivity index is 2.12. The van der Waals surface area contributed by atoms with Crippen LogP contribution in [0.15, 0.2) is 30.9 Å². The molecule has 144 valence electrons. The van der Waals surface area contributed by atoms with Crippen molar-refractivity contribution in [3.8, 4) is 10.4 Å². The predicted octanol–water partition coefficient (Wildman–Crippen LogP) is 4.95. The van der Waals surface area contributed by atoms with E-state index in [1.165, 1.54) is 4.88 Å². The van der Waals surface area contributed by atoms with Gasteiger partial charge in [-0.3, -0.25) is 0 Å². The number of nitrogens with one attached hydrogen (secondary N) is 2. The second-order valence-corrected chi connectivity index (χ2v) is 9.03. The molecular formula is C22H28N2O2S. The molecule has 0 spiro atoms. The van der Waals surface area contributed by atoms with Gasteiger partial charge in [-0.15, -0.1) is 17.9 Å². The molecule has 0 amide bonds. The standard InChI is InChI=1S/C22H28N2O2S/c1-5-10-24-15-6-7-16(14(11-15)13-23-4)20-19(21(25)26)17-12-22(2,3)9-8-18(17)27-20/h5-7,11,23-24H,1,8-10,12-13H2,2-4H3,(H,25,26). The Bertz CT molecular complexity index is 867. The molecule has 1 aromatic carbocycles. The monoisotopic (exact) mass is 384 g/mol. The maximum Gasteiger partial charge on any atom is 0.337 e. The number of aryl methyl sites for hydroxylation is 1. The van der Waals surface area contributed by atoms with E-state index in [1.54, 1.807) is 11.3 Å². The summed E-state index contributed by atoms with van der Waals surface area (Å²) in [5, 5.41) is 16.5. The van der Waals surface area contributed by atoms with E-state index in [0.717, 1.165) is 46.5 Å². The van der Waals surface area contributed by atoms with Crippen LogP contribution in [0.1, 0.15) is 46.6 Å². The summed E-state index contributed by atoms with van der Waals surface area (Å²) in [4.78, 5) is 14.3. The smallest absolute Gasteiger partial charge is 0.337 e. The number of carboxylic acid groups (broad SMARTS) is 1. The van der Waals surface area contributed by atoms with Crippen LogP contribution in [0, 0.1) is 5.41 Å². The molecule has 3 rings (SSSR count). The van der Waals surface area contributed by atoms with Gasteiger partial charge >= 0.3 is 5.97 Å². The van der Waals surface area contributed by atoms with Crippen molar-refractivity contribution >= 4 is 23.0 Å². The molecule has 0 atom stereocenters. The topological polar surface area (TPSA) is 61.4 Å². The molecule has 5 heteroatoms. The van der Waals surface area contributed by atoms with E-state index >= 15 is 0 Å². The van der Waals surface area contributed by atoms with Crippen LogP contribution in [-0.2, 0) is 19.4 Å². The van der Waals surface area contributed by atoms with Gasteiger partial charge in [0, 0.05) is 28.5 Å². The lowest BCUT2D eigenvalue weighted by Gasteiger charge is -2.29. The van der Waals surface area contributed by atoms with Crippen LogP contribution in [-0.4, -0.2) is 24.7 Å². The fourth-order valence-electron chi connectivity index (χ4n) is 3.79. The molecule has 3 N–H and O–H groups in total. The molecule has 0 saturated carbocycles. The Morgan fingerprint density at radius 3 is 2.85 bits per heavy atom. The zero-order valence-electron chi connectivity index (χ0n) is 16.3. The molecule has 0 fully saturated rings. The first kappa shape index (κ1) is 19.6. The minimum Gasteiger partial charge on any atom is -0.478 e. The zero-order chi connectivity index (χ0) is 19.6. The van der Waals surface area contributed by atoms with Crippen LogP contribution in [0.4, 0.5) is 5.69 Å². The Morgan fingerprint density at radius 2 is 2.19 bits per heavy atom. The molecule has 2 aromatic rings. The summed E-state index contributed by atoms with van der Waals surface area (Å²) in [7, 11) is 1.91. The minimum atomic E-state index is -0.815. The number of carbonyl (C=O) groups is 1. The van der Waals surface area contributed by atoms with Gasteiger partial charge in [-0.2, -0.15) is 0 Å². The number of aromatic carboxylic acids is 1. The largest absolute Gasteiger partial charge is 0.478 e. The van der Waals surface area contributed by atoms with Crippen LogP contribution in [0.2, 0.25) is 0 Å². The lowest BCUT2D eigenvalue weighted by Crippen LogP contribution is -2.22. The van der Waals surface area contributed by atoms with Crippen LogP contribution >= 0.6 is 11.3 Å². The highest BCUT2D eigenvalue weighted by Gasteiger charge is 2.33. The minimum absolute atomic E-state index is 0.155. The molecule has 0 unspecified atom stereocenters. The average Bonchev–Trinajstić information content (AvgIpc) is 2.97. The van der Waals surface area contributed by atoms with Crippen LogP contribution in [0.5, 0.6) is 0 Å².